The average molecular weight is 425 g/mol. The maximum Gasteiger partial charge on any atom is 0.231 e. The number of allylic oxidation sites excluding steroid dienone is 1. The number of methoxy groups -OCH3 is 3. The molecule has 0 aliphatic carbocycles. The first kappa shape index (κ1) is 21.1. The zero-order chi connectivity index (χ0) is 22.0. The van der Waals surface area contributed by atoms with Gasteiger partial charge in [0.25, 0.3) is 0 Å². The van der Waals surface area contributed by atoms with Gasteiger partial charge in [-0.25, -0.2) is 0 Å². The van der Waals surface area contributed by atoms with Crippen molar-refractivity contribution in [3.05, 3.63) is 46.7 Å². The van der Waals surface area contributed by atoms with E-state index in [-0.39, 0.29) is 17.3 Å². The second-order valence-corrected chi connectivity index (χ2v) is 7.80. The number of rotatable bonds is 6. The van der Waals surface area contributed by atoms with Crippen molar-refractivity contribution in [3.8, 4) is 28.7 Å². The fraction of sp³-hybridized carbons (Fsp3) is 0.375. The van der Waals surface area contributed by atoms with Crippen molar-refractivity contribution < 1.29 is 33.7 Å². The lowest BCUT2D eigenvalue weighted by atomic mass is 10.0. The molecule has 0 amide bonds. The molecule has 2 aliphatic rings. The van der Waals surface area contributed by atoms with E-state index >= 15 is 0 Å². The van der Waals surface area contributed by atoms with Crippen LogP contribution in [0.25, 0.3) is 6.08 Å². The lowest BCUT2D eigenvalue weighted by Gasteiger charge is -2.26. The third kappa shape index (κ3) is 4.05. The third-order valence-corrected chi connectivity index (χ3v) is 5.87. The normalized spacial score (nSPS) is 17.4. The van der Waals surface area contributed by atoms with Crippen molar-refractivity contribution in [1.29, 1.82) is 0 Å². The van der Waals surface area contributed by atoms with Crippen molar-refractivity contribution >= 4 is 11.9 Å². The molecule has 31 heavy (non-hydrogen) atoms. The molecule has 0 spiro atoms. The van der Waals surface area contributed by atoms with Gasteiger partial charge in [-0.05, 0) is 49.1 Å². The highest BCUT2D eigenvalue weighted by Gasteiger charge is 2.31. The monoisotopic (exact) mass is 425 g/mol. The summed E-state index contributed by atoms with van der Waals surface area (Å²) in [7, 11) is 4.60. The SMILES string of the molecule is COc1cc(C=C2Oc3c(ccc([O-])c3C[NH+]3CCCCC3)C2=O)cc(OC)c1OC. The molecule has 0 bridgehead atoms. The summed E-state index contributed by atoms with van der Waals surface area (Å²) >= 11 is 0. The number of ketones is 1. The molecular weight excluding hydrogens is 398 g/mol. The number of ether oxygens (including phenoxy) is 4. The van der Waals surface area contributed by atoms with Crippen LogP contribution in [0.15, 0.2) is 30.0 Å². The molecule has 1 N–H and O–H groups in total. The Labute approximate surface area is 181 Å². The van der Waals surface area contributed by atoms with Crippen LogP contribution in [0, 0.1) is 0 Å². The summed E-state index contributed by atoms with van der Waals surface area (Å²) in [5.74, 6) is 1.68. The predicted molar refractivity (Wildman–Crippen MR) is 113 cm³/mol. The number of Topliss-reactive ketones (excluding diaryl/α,β-unsaturated/α-hetero) is 1. The fourth-order valence-electron chi connectivity index (χ4n) is 4.27. The van der Waals surface area contributed by atoms with Gasteiger partial charge in [-0.15, -0.1) is 0 Å². The van der Waals surface area contributed by atoms with Gasteiger partial charge in [-0.1, -0.05) is 11.8 Å². The summed E-state index contributed by atoms with van der Waals surface area (Å²) in [6.07, 6.45) is 5.18. The van der Waals surface area contributed by atoms with Crippen LogP contribution in [0.3, 0.4) is 0 Å². The van der Waals surface area contributed by atoms with Gasteiger partial charge in [0, 0.05) is 5.56 Å². The van der Waals surface area contributed by atoms with E-state index in [2.05, 4.69) is 0 Å². The Bertz CT molecular complexity index is 998. The second-order valence-electron chi connectivity index (χ2n) is 7.80. The number of benzene rings is 2. The van der Waals surface area contributed by atoms with Gasteiger partial charge in [0.05, 0.1) is 40.0 Å². The number of hydrogen-bond acceptors (Lipinski definition) is 6. The molecule has 2 heterocycles. The van der Waals surface area contributed by atoms with E-state index in [0.717, 1.165) is 25.9 Å². The molecule has 4 rings (SSSR count). The van der Waals surface area contributed by atoms with Crippen LogP contribution in [0.2, 0.25) is 0 Å². The zero-order valence-corrected chi connectivity index (χ0v) is 18.1. The van der Waals surface area contributed by atoms with Crippen LogP contribution in [0.4, 0.5) is 0 Å². The molecule has 0 atom stereocenters. The lowest BCUT2D eigenvalue weighted by Crippen LogP contribution is -3.11. The standard InChI is InChI=1S/C24H27NO6/c1-28-20-12-15(13-21(29-2)24(20)30-3)11-19-22(27)16-7-8-18(26)17(23(16)31-19)14-25-9-5-4-6-10-25/h7-8,11-13,26H,4-6,9-10,14H2,1-3H3. The minimum Gasteiger partial charge on any atom is -0.872 e. The summed E-state index contributed by atoms with van der Waals surface area (Å²) in [6.45, 7) is 2.64. The number of likely N-dealkylation sites (tertiary alicyclic amines) is 1. The van der Waals surface area contributed by atoms with Gasteiger partial charge in [0.1, 0.15) is 12.3 Å². The Hall–Kier alpha value is -3.19. The number of nitrogens with one attached hydrogen (secondary N) is 1. The topological polar surface area (TPSA) is 81.5 Å². The second kappa shape index (κ2) is 8.89. The summed E-state index contributed by atoms with van der Waals surface area (Å²) in [4.78, 5) is 14.4. The number of carbonyl (C=O) groups is 1. The highest BCUT2D eigenvalue weighted by Crippen LogP contribution is 2.41. The van der Waals surface area contributed by atoms with E-state index in [0.29, 0.717) is 46.2 Å². The van der Waals surface area contributed by atoms with Crippen LogP contribution >= 0.6 is 0 Å². The van der Waals surface area contributed by atoms with E-state index in [1.165, 1.54) is 38.7 Å². The first-order valence-corrected chi connectivity index (χ1v) is 10.5. The van der Waals surface area contributed by atoms with Gasteiger partial charge in [0.15, 0.2) is 17.3 Å². The molecule has 2 aromatic rings. The molecule has 0 radical (unpaired) electrons. The van der Waals surface area contributed by atoms with Gasteiger partial charge in [-0.3, -0.25) is 4.79 Å². The molecule has 7 nitrogen and oxygen atoms in total. The Morgan fingerprint density at radius 1 is 1.03 bits per heavy atom. The Morgan fingerprint density at radius 3 is 2.32 bits per heavy atom. The molecule has 0 saturated carbocycles. The van der Waals surface area contributed by atoms with E-state index in [1.807, 2.05) is 0 Å². The van der Waals surface area contributed by atoms with Gasteiger partial charge in [-0.2, -0.15) is 0 Å². The summed E-state index contributed by atoms with van der Waals surface area (Å²) in [5, 5.41) is 12.6. The highest BCUT2D eigenvalue weighted by atomic mass is 16.5. The Morgan fingerprint density at radius 2 is 1.71 bits per heavy atom. The number of piperidine rings is 1. The molecule has 0 unspecified atom stereocenters. The summed E-state index contributed by atoms with van der Waals surface area (Å²) in [6, 6.07) is 6.52. The van der Waals surface area contributed by atoms with Crippen LogP contribution in [0.1, 0.15) is 40.7 Å². The highest BCUT2D eigenvalue weighted by molar-refractivity contribution is 6.15. The van der Waals surface area contributed by atoms with Crippen molar-refractivity contribution in [1.82, 2.24) is 0 Å². The van der Waals surface area contributed by atoms with Crippen LogP contribution in [-0.4, -0.2) is 40.2 Å². The number of hydrogen-bond donors (Lipinski definition) is 1. The molecule has 2 aromatic carbocycles. The third-order valence-electron chi connectivity index (χ3n) is 5.87. The minimum atomic E-state index is -0.237. The minimum absolute atomic E-state index is 0.0846. The number of carbonyl (C=O) groups excluding carboxylic acids is 1. The quantitative estimate of drug-likeness (QED) is 0.713. The first-order chi connectivity index (χ1) is 15.0. The first-order valence-electron chi connectivity index (χ1n) is 10.5. The molecule has 164 valence electrons. The van der Waals surface area contributed by atoms with E-state index in [9.17, 15) is 9.90 Å². The smallest absolute Gasteiger partial charge is 0.231 e. The Balaban J connectivity index is 1.68. The van der Waals surface area contributed by atoms with Gasteiger partial charge >= 0.3 is 0 Å². The van der Waals surface area contributed by atoms with Gasteiger partial charge < -0.3 is 29.0 Å². The number of quaternary nitrogens is 1. The molecule has 0 aromatic heterocycles. The maximum atomic E-state index is 13.0. The number of fused-ring (bicyclic) bond motifs is 1. The molecule has 2 aliphatic heterocycles. The molecule has 1 saturated heterocycles. The van der Waals surface area contributed by atoms with Crippen molar-refractivity contribution in [3.63, 3.8) is 0 Å². The fourth-order valence-corrected chi connectivity index (χ4v) is 4.27. The average Bonchev–Trinajstić information content (AvgIpc) is 3.11. The van der Waals surface area contributed by atoms with Crippen LogP contribution < -0.4 is 29.0 Å². The van der Waals surface area contributed by atoms with Crippen LogP contribution in [0.5, 0.6) is 28.7 Å². The maximum absolute atomic E-state index is 13.0. The van der Waals surface area contributed by atoms with Crippen molar-refractivity contribution in [2.75, 3.05) is 34.4 Å². The van der Waals surface area contributed by atoms with E-state index in [1.54, 1.807) is 24.3 Å². The van der Waals surface area contributed by atoms with Gasteiger partial charge in [0.2, 0.25) is 11.5 Å². The summed E-state index contributed by atoms with van der Waals surface area (Å²) in [5.41, 5.74) is 1.68. The van der Waals surface area contributed by atoms with Crippen molar-refractivity contribution in [2.24, 2.45) is 0 Å². The molecule has 1 fully saturated rings. The largest absolute Gasteiger partial charge is 0.872 e. The molecule has 7 heteroatoms. The molecular formula is C24H27NO6. The van der Waals surface area contributed by atoms with Crippen LogP contribution in [-0.2, 0) is 6.54 Å². The zero-order valence-electron chi connectivity index (χ0n) is 18.1. The predicted octanol–water partition coefficient (Wildman–Crippen LogP) is 1.97. The van der Waals surface area contributed by atoms with Crippen molar-refractivity contribution in [2.45, 2.75) is 25.8 Å². The van der Waals surface area contributed by atoms with E-state index in [4.69, 9.17) is 18.9 Å². The summed E-state index contributed by atoms with van der Waals surface area (Å²) < 4.78 is 22.1. The lowest BCUT2D eigenvalue weighted by molar-refractivity contribution is -0.918. The van der Waals surface area contributed by atoms with E-state index < -0.39 is 0 Å². The Kier molecular flexibility index (Phi) is 6.04.